The minimum Gasteiger partial charge on any atom is -0.378 e. The number of hydrogen-bond donors (Lipinski definition) is 1. The first kappa shape index (κ1) is 11.7. The van der Waals surface area contributed by atoms with E-state index in [0.29, 0.717) is 11.4 Å². The summed E-state index contributed by atoms with van der Waals surface area (Å²) in [5, 5.41) is 3.85. The molecule has 1 aliphatic rings. The predicted octanol–water partition coefficient (Wildman–Crippen LogP) is 2.33. The van der Waals surface area contributed by atoms with Crippen LogP contribution in [0.2, 0.25) is 5.02 Å². The molecule has 0 bridgehead atoms. The van der Waals surface area contributed by atoms with Crippen molar-refractivity contribution in [1.82, 2.24) is 0 Å². The van der Waals surface area contributed by atoms with E-state index in [1.54, 1.807) is 6.07 Å². The molecule has 1 N–H and O–H groups in total. The van der Waals surface area contributed by atoms with E-state index in [-0.39, 0.29) is 11.5 Å². The van der Waals surface area contributed by atoms with Crippen molar-refractivity contribution in [3.05, 3.63) is 29.3 Å². The van der Waals surface area contributed by atoms with Gasteiger partial charge >= 0.3 is 0 Å². The van der Waals surface area contributed by atoms with Crippen molar-refractivity contribution in [2.75, 3.05) is 16.8 Å². The Kier molecular flexibility index (Phi) is 2.88. The van der Waals surface area contributed by atoms with E-state index in [2.05, 4.69) is 5.32 Å². The van der Waals surface area contributed by atoms with Crippen LogP contribution in [0.4, 0.5) is 5.69 Å². The number of anilines is 1. The van der Waals surface area contributed by atoms with E-state index < -0.39 is 15.4 Å². The van der Waals surface area contributed by atoms with Crippen LogP contribution in [0.3, 0.4) is 0 Å². The van der Waals surface area contributed by atoms with Gasteiger partial charge in [0.05, 0.1) is 22.2 Å². The second kappa shape index (κ2) is 3.93. The molecule has 0 spiro atoms. The molecule has 1 fully saturated rings. The smallest absolute Gasteiger partial charge is 0.152 e. The van der Waals surface area contributed by atoms with Gasteiger partial charge in [0.25, 0.3) is 0 Å². The standard InChI is InChI=1S/C11H14ClNO2S/c1-11(6-7-16(14,15)8-11)13-10-5-3-2-4-9(10)12/h2-5,13H,6-8H2,1H3/t11-/m0/s1. The number of hydrogen-bond acceptors (Lipinski definition) is 3. The van der Waals surface area contributed by atoms with Crippen molar-refractivity contribution in [3.8, 4) is 0 Å². The first-order chi connectivity index (χ1) is 7.40. The average molecular weight is 260 g/mol. The zero-order valence-electron chi connectivity index (χ0n) is 9.03. The lowest BCUT2D eigenvalue weighted by atomic mass is 10.0. The number of rotatable bonds is 2. The maximum atomic E-state index is 11.4. The lowest BCUT2D eigenvalue weighted by molar-refractivity contribution is 0.574. The van der Waals surface area contributed by atoms with Crippen LogP contribution in [-0.4, -0.2) is 25.5 Å². The lowest BCUT2D eigenvalue weighted by Gasteiger charge is -2.25. The Morgan fingerprint density at radius 1 is 1.38 bits per heavy atom. The van der Waals surface area contributed by atoms with Crippen molar-refractivity contribution in [2.24, 2.45) is 0 Å². The highest BCUT2D eigenvalue weighted by Crippen LogP contribution is 2.30. The van der Waals surface area contributed by atoms with Gasteiger partial charge in [-0.2, -0.15) is 0 Å². The molecule has 1 heterocycles. The summed E-state index contributed by atoms with van der Waals surface area (Å²) < 4.78 is 22.9. The second-order valence-corrected chi connectivity index (χ2v) is 7.10. The van der Waals surface area contributed by atoms with Gasteiger partial charge in [0.1, 0.15) is 0 Å². The summed E-state index contributed by atoms with van der Waals surface area (Å²) in [7, 11) is -2.89. The molecule has 88 valence electrons. The molecule has 3 nitrogen and oxygen atoms in total. The summed E-state index contributed by atoms with van der Waals surface area (Å²) >= 11 is 6.02. The molecule has 0 radical (unpaired) electrons. The Morgan fingerprint density at radius 3 is 2.62 bits per heavy atom. The molecular weight excluding hydrogens is 246 g/mol. The molecule has 1 aromatic carbocycles. The van der Waals surface area contributed by atoms with Gasteiger partial charge in [-0.15, -0.1) is 0 Å². The van der Waals surface area contributed by atoms with Crippen LogP contribution in [-0.2, 0) is 9.84 Å². The Bertz CT molecular complexity index is 500. The minimum absolute atomic E-state index is 0.172. The topological polar surface area (TPSA) is 46.2 Å². The summed E-state index contributed by atoms with van der Waals surface area (Å²) in [5.74, 6) is 0.423. The molecule has 1 aliphatic heterocycles. The Hall–Kier alpha value is -0.740. The van der Waals surface area contributed by atoms with Crippen LogP contribution in [0, 0.1) is 0 Å². The maximum absolute atomic E-state index is 11.4. The third-order valence-electron chi connectivity index (χ3n) is 2.81. The van der Waals surface area contributed by atoms with Gasteiger partial charge < -0.3 is 5.32 Å². The van der Waals surface area contributed by atoms with E-state index in [1.807, 2.05) is 25.1 Å². The largest absolute Gasteiger partial charge is 0.378 e. The van der Waals surface area contributed by atoms with Gasteiger partial charge in [-0.3, -0.25) is 0 Å². The third kappa shape index (κ3) is 2.50. The molecule has 0 saturated carbocycles. The van der Waals surface area contributed by atoms with Crippen LogP contribution in [0.1, 0.15) is 13.3 Å². The van der Waals surface area contributed by atoms with Gasteiger partial charge in [-0.05, 0) is 25.5 Å². The van der Waals surface area contributed by atoms with Crippen LogP contribution < -0.4 is 5.32 Å². The fourth-order valence-corrected chi connectivity index (χ4v) is 4.27. The summed E-state index contributed by atoms with van der Waals surface area (Å²) in [6.45, 7) is 1.92. The average Bonchev–Trinajstić information content (AvgIpc) is 2.45. The van der Waals surface area contributed by atoms with Gasteiger partial charge in [0.15, 0.2) is 9.84 Å². The van der Waals surface area contributed by atoms with Gasteiger partial charge in [0.2, 0.25) is 0 Å². The van der Waals surface area contributed by atoms with Crippen molar-refractivity contribution >= 4 is 27.1 Å². The summed E-state index contributed by atoms with van der Waals surface area (Å²) in [6.07, 6.45) is 0.626. The number of sulfone groups is 1. The number of nitrogens with one attached hydrogen (secondary N) is 1. The highest BCUT2D eigenvalue weighted by Gasteiger charge is 2.38. The summed E-state index contributed by atoms with van der Waals surface area (Å²) in [6, 6.07) is 7.37. The molecule has 0 unspecified atom stereocenters. The Morgan fingerprint density at radius 2 is 2.06 bits per heavy atom. The SMILES string of the molecule is C[C@]1(Nc2ccccc2Cl)CCS(=O)(=O)C1. The van der Waals surface area contributed by atoms with E-state index >= 15 is 0 Å². The van der Waals surface area contributed by atoms with E-state index in [0.717, 1.165) is 5.69 Å². The predicted molar refractivity (Wildman–Crippen MR) is 66.8 cm³/mol. The van der Waals surface area contributed by atoms with Crippen LogP contribution in [0.15, 0.2) is 24.3 Å². The van der Waals surface area contributed by atoms with Crippen molar-refractivity contribution in [2.45, 2.75) is 18.9 Å². The van der Waals surface area contributed by atoms with Gasteiger partial charge in [-0.25, -0.2) is 8.42 Å². The fourth-order valence-electron chi connectivity index (χ4n) is 2.00. The molecule has 0 amide bonds. The van der Waals surface area contributed by atoms with Gasteiger partial charge in [0, 0.05) is 5.54 Å². The molecule has 5 heteroatoms. The van der Waals surface area contributed by atoms with E-state index in [4.69, 9.17) is 11.6 Å². The highest BCUT2D eigenvalue weighted by molar-refractivity contribution is 7.91. The number of benzene rings is 1. The second-order valence-electron chi connectivity index (χ2n) is 4.51. The maximum Gasteiger partial charge on any atom is 0.152 e. The zero-order chi connectivity index (χ0) is 11.8. The lowest BCUT2D eigenvalue weighted by Crippen LogP contribution is -2.35. The molecule has 0 aromatic heterocycles. The monoisotopic (exact) mass is 259 g/mol. The summed E-state index contributed by atoms with van der Waals surface area (Å²) in [4.78, 5) is 0. The normalized spacial score (nSPS) is 27.9. The molecule has 1 atom stereocenters. The first-order valence-corrected chi connectivity index (χ1v) is 7.33. The van der Waals surface area contributed by atoms with E-state index in [9.17, 15) is 8.42 Å². The first-order valence-electron chi connectivity index (χ1n) is 5.13. The zero-order valence-corrected chi connectivity index (χ0v) is 10.6. The number of halogens is 1. The van der Waals surface area contributed by atoms with Crippen LogP contribution in [0.25, 0.3) is 0 Å². The van der Waals surface area contributed by atoms with Crippen molar-refractivity contribution in [1.29, 1.82) is 0 Å². The Labute approximate surface area is 101 Å². The molecule has 0 aliphatic carbocycles. The third-order valence-corrected chi connectivity index (χ3v) is 5.05. The molecule has 1 aromatic rings. The van der Waals surface area contributed by atoms with Crippen LogP contribution >= 0.6 is 11.6 Å². The molecule has 16 heavy (non-hydrogen) atoms. The van der Waals surface area contributed by atoms with E-state index in [1.165, 1.54) is 0 Å². The molecule has 1 saturated heterocycles. The fraction of sp³-hybridized carbons (Fsp3) is 0.455. The molecule has 2 rings (SSSR count). The van der Waals surface area contributed by atoms with Gasteiger partial charge in [-0.1, -0.05) is 23.7 Å². The van der Waals surface area contributed by atoms with Crippen molar-refractivity contribution in [3.63, 3.8) is 0 Å². The Balaban J connectivity index is 2.20. The minimum atomic E-state index is -2.89. The molecular formula is C11H14ClNO2S. The summed E-state index contributed by atoms with van der Waals surface area (Å²) in [5.41, 5.74) is 0.396. The van der Waals surface area contributed by atoms with Crippen molar-refractivity contribution < 1.29 is 8.42 Å². The number of para-hydroxylation sites is 1. The quantitative estimate of drug-likeness (QED) is 0.887. The van der Waals surface area contributed by atoms with Crippen LogP contribution in [0.5, 0.6) is 0 Å². The highest BCUT2D eigenvalue weighted by atomic mass is 35.5.